The Kier molecular flexibility index (Phi) is 5.17. The van der Waals surface area contributed by atoms with Crippen LogP contribution >= 0.6 is 0 Å². The predicted octanol–water partition coefficient (Wildman–Crippen LogP) is 3.56. The number of rotatable bonds is 5. The molecule has 156 valence electrons. The van der Waals surface area contributed by atoms with Crippen LogP contribution in [-0.4, -0.2) is 49.3 Å². The topological polar surface area (TPSA) is 59.1 Å². The summed E-state index contributed by atoms with van der Waals surface area (Å²) in [4.78, 5) is 28.1. The van der Waals surface area contributed by atoms with Crippen molar-refractivity contribution in [3.05, 3.63) is 64.7 Å². The van der Waals surface area contributed by atoms with E-state index in [-0.39, 0.29) is 18.2 Å². The van der Waals surface area contributed by atoms with E-state index in [1.54, 1.807) is 29.2 Å². The second-order valence-corrected chi connectivity index (χ2v) is 8.32. The summed E-state index contributed by atoms with van der Waals surface area (Å²) in [6.45, 7) is 3.53. The number of benzene rings is 2. The van der Waals surface area contributed by atoms with Gasteiger partial charge < -0.3 is 9.47 Å². The summed E-state index contributed by atoms with van der Waals surface area (Å²) < 4.78 is 10.7. The molecular formula is C24H26N2O4. The summed E-state index contributed by atoms with van der Waals surface area (Å²) in [5.74, 6) is -0.310. The van der Waals surface area contributed by atoms with Gasteiger partial charge >= 0.3 is 12.1 Å². The molecule has 0 bridgehead atoms. The molecule has 0 unspecified atom stereocenters. The fourth-order valence-corrected chi connectivity index (χ4v) is 4.64. The highest BCUT2D eigenvalue weighted by atomic mass is 16.6. The van der Waals surface area contributed by atoms with Crippen LogP contribution in [0.4, 0.5) is 10.5 Å². The van der Waals surface area contributed by atoms with Crippen molar-refractivity contribution in [3.63, 3.8) is 0 Å². The van der Waals surface area contributed by atoms with Crippen LogP contribution in [0.15, 0.2) is 42.5 Å². The van der Waals surface area contributed by atoms with Crippen LogP contribution in [0.25, 0.3) is 0 Å². The average molecular weight is 406 g/mol. The highest BCUT2D eigenvalue weighted by Gasteiger charge is 2.27. The number of esters is 1. The number of nitrogens with zero attached hydrogens (tertiary/aromatic N) is 2. The summed E-state index contributed by atoms with van der Waals surface area (Å²) in [6.07, 6.45) is 4.10. The van der Waals surface area contributed by atoms with Gasteiger partial charge in [0.1, 0.15) is 12.7 Å². The van der Waals surface area contributed by atoms with Crippen LogP contribution in [0.1, 0.15) is 39.9 Å². The molecule has 2 aliphatic heterocycles. The number of hydrogen-bond donors (Lipinski definition) is 0. The zero-order valence-electron chi connectivity index (χ0n) is 17.0. The number of anilines is 1. The van der Waals surface area contributed by atoms with Crippen molar-refractivity contribution in [2.75, 3.05) is 31.1 Å². The van der Waals surface area contributed by atoms with Crippen molar-refractivity contribution in [2.24, 2.45) is 0 Å². The van der Waals surface area contributed by atoms with Crippen molar-refractivity contribution in [3.8, 4) is 0 Å². The SMILES string of the molecule is O=C(O[C@@H]1CCN(Cc2ccc3c(c2)CCC3)C1)c1ccc(N2CCOC2=O)cc1. The van der Waals surface area contributed by atoms with E-state index in [1.165, 1.54) is 36.0 Å². The van der Waals surface area contributed by atoms with Crippen LogP contribution in [0.5, 0.6) is 0 Å². The molecule has 2 aromatic rings. The van der Waals surface area contributed by atoms with Crippen molar-refractivity contribution in [2.45, 2.75) is 38.3 Å². The van der Waals surface area contributed by atoms with E-state index in [0.717, 1.165) is 31.7 Å². The first kappa shape index (κ1) is 19.1. The molecule has 0 N–H and O–H groups in total. The minimum atomic E-state index is -0.347. The van der Waals surface area contributed by atoms with E-state index in [1.807, 2.05) is 0 Å². The van der Waals surface area contributed by atoms with Gasteiger partial charge in [-0.2, -0.15) is 0 Å². The fraction of sp³-hybridized carbons (Fsp3) is 0.417. The molecule has 6 heteroatoms. The number of carbonyl (C=O) groups excluding carboxylic acids is 2. The molecule has 1 aliphatic carbocycles. The standard InChI is InChI=1S/C24H26N2O4/c27-23(19-6-8-21(9-7-19)26-12-13-29-24(26)28)30-22-10-11-25(16-22)15-17-4-5-18-2-1-3-20(18)14-17/h4-9,14,22H,1-3,10-13,15-16H2/t22-/m1/s1. The van der Waals surface area contributed by atoms with Gasteiger partial charge in [0, 0.05) is 25.3 Å². The summed E-state index contributed by atoms with van der Waals surface area (Å²) in [5, 5.41) is 0. The van der Waals surface area contributed by atoms with Gasteiger partial charge in [-0.3, -0.25) is 9.80 Å². The molecule has 30 heavy (non-hydrogen) atoms. The first-order valence-corrected chi connectivity index (χ1v) is 10.7. The van der Waals surface area contributed by atoms with Gasteiger partial charge in [0.2, 0.25) is 0 Å². The molecule has 5 rings (SSSR count). The van der Waals surface area contributed by atoms with Crippen LogP contribution in [0.3, 0.4) is 0 Å². The van der Waals surface area contributed by atoms with Crippen LogP contribution in [0, 0.1) is 0 Å². The third kappa shape index (κ3) is 3.92. The number of ether oxygens (including phenoxy) is 2. The summed E-state index contributed by atoms with van der Waals surface area (Å²) >= 11 is 0. The number of fused-ring (bicyclic) bond motifs is 1. The molecule has 3 aliphatic rings. The number of carbonyl (C=O) groups is 2. The lowest BCUT2D eigenvalue weighted by molar-refractivity contribution is 0.0320. The fourth-order valence-electron chi connectivity index (χ4n) is 4.64. The molecule has 0 spiro atoms. The molecule has 6 nitrogen and oxygen atoms in total. The van der Waals surface area contributed by atoms with Gasteiger partial charge in [-0.05, 0) is 66.6 Å². The Morgan fingerprint density at radius 1 is 1.07 bits per heavy atom. The molecule has 0 saturated carbocycles. The Bertz CT molecular complexity index is 956. The van der Waals surface area contributed by atoms with Crippen molar-refractivity contribution >= 4 is 17.7 Å². The van der Waals surface area contributed by atoms with E-state index >= 15 is 0 Å². The Labute approximate surface area is 176 Å². The van der Waals surface area contributed by atoms with Crippen molar-refractivity contribution in [1.29, 1.82) is 0 Å². The highest BCUT2D eigenvalue weighted by molar-refractivity contribution is 5.92. The summed E-state index contributed by atoms with van der Waals surface area (Å²) in [6, 6.07) is 13.8. The van der Waals surface area contributed by atoms with E-state index in [4.69, 9.17) is 9.47 Å². The van der Waals surface area contributed by atoms with Gasteiger partial charge in [-0.15, -0.1) is 0 Å². The van der Waals surface area contributed by atoms with Crippen LogP contribution in [-0.2, 0) is 28.9 Å². The lowest BCUT2D eigenvalue weighted by atomic mass is 10.1. The van der Waals surface area contributed by atoms with Gasteiger partial charge in [0.05, 0.1) is 12.1 Å². The molecule has 2 saturated heterocycles. The zero-order valence-corrected chi connectivity index (χ0v) is 17.0. The minimum Gasteiger partial charge on any atom is -0.457 e. The minimum absolute atomic E-state index is 0.0832. The first-order chi connectivity index (χ1) is 14.7. The van der Waals surface area contributed by atoms with E-state index < -0.39 is 0 Å². The number of amides is 1. The maximum Gasteiger partial charge on any atom is 0.414 e. The van der Waals surface area contributed by atoms with Crippen LogP contribution < -0.4 is 4.90 Å². The Morgan fingerprint density at radius 2 is 1.90 bits per heavy atom. The van der Waals surface area contributed by atoms with Crippen LogP contribution in [0.2, 0.25) is 0 Å². The second-order valence-electron chi connectivity index (χ2n) is 8.32. The molecule has 1 amide bonds. The zero-order chi connectivity index (χ0) is 20.5. The second kappa shape index (κ2) is 8.11. The van der Waals surface area contributed by atoms with E-state index in [2.05, 4.69) is 23.1 Å². The quantitative estimate of drug-likeness (QED) is 0.711. The summed E-state index contributed by atoms with van der Waals surface area (Å²) in [7, 11) is 0. The number of cyclic esters (lactones) is 1. The lowest BCUT2D eigenvalue weighted by Gasteiger charge is -2.17. The number of aryl methyl sites for hydroxylation is 2. The molecule has 0 aromatic heterocycles. The highest BCUT2D eigenvalue weighted by Crippen LogP contribution is 2.25. The van der Waals surface area contributed by atoms with Gasteiger partial charge in [0.25, 0.3) is 0 Å². The molecule has 1 atom stereocenters. The largest absolute Gasteiger partial charge is 0.457 e. The molecular weight excluding hydrogens is 380 g/mol. The van der Waals surface area contributed by atoms with Crippen molar-refractivity contribution < 1.29 is 19.1 Å². The molecule has 2 heterocycles. The number of hydrogen-bond acceptors (Lipinski definition) is 5. The first-order valence-electron chi connectivity index (χ1n) is 10.7. The third-order valence-electron chi connectivity index (χ3n) is 6.25. The molecule has 2 aromatic carbocycles. The van der Waals surface area contributed by atoms with E-state index in [0.29, 0.717) is 18.7 Å². The number of likely N-dealkylation sites (tertiary alicyclic amines) is 1. The maximum atomic E-state index is 12.5. The predicted molar refractivity (Wildman–Crippen MR) is 113 cm³/mol. The Hall–Kier alpha value is -2.86. The molecule has 2 fully saturated rings. The van der Waals surface area contributed by atoms with E-state index in [9.17, 15) is 9.59 Å². The Morgan fingerprint density at radius 3 is 2.70 bits per heavy atom. The summed E-state index contributed by atoms with van der Waals surface area (Å²) in [5.41, 5.74) is 5.58. The van der Waals surface area contributed by atoms with Gasteiger partial charge in [0.15, 0.2) is 0 Å². The monoisotopic (exact) mass is 406 g/mol. The lowest BCUT2D eigenvalue weighted by Crippen LogP contribution is -2.25. The average Bonchev–Trinajstić information content (AvgIpc) is 3.49. The maximum absolute atomic E-state index is 12.5. The normalized spacial score (nSPS) is 21.0. The third-order valence-corrected chi connectivity index (χ3v) is 6.25. The van der Waals surface area contributed by atoms with Gasteiger partial charge in [-0.1, -0.05) is 18.2 Å². The molecule has 0 radical (unpaired) electrons. The van der Waals surface area contributed by atoms with Crippen molar-refractivity contribution in [1.82, 2.24) is 4.90 Å². The van der Waals surface area contributed by atoms with Gasteiger partial charge in [-0.25, -0.2) is 9.59 Å². The smallest absolute Gasteiger partial charge is 0.414 e. The Balaban J connectivity index is 1.15.